The average molecular weight is 458 g/mol. The first-order chi connectivity index (χ1) is 14.9. The van der Waals surface area contributed by atoms with E-state index in [4.69, 9.17) is 0 Å². The molecule has 1 aliphatic heterocycles. The maximum Gasteiger partial charge on any atom is 0.279 e. The molecule has 3 aromatic rings. The van der Waals surface area contributed by atoms with Crippen molar-refractivity contribution in [1.29, 1.82) is 0 Å². The normalized spacial score (nSPS) is 17.8. The van der Waals surface area contributed by atoms with E-state index in [-0.39, 0.29) is 34.4 Å². The predicted molar refractivity (Wildman–Crippen MR) is 111 cm³/mol. The molecule has 0 bridgehead atoms. The van der Waals surface area contributed by atoms with Crippen molar-refractivity contribution in [2.45, 2.75) is 30.3 Å². The second kappa shape index (κ2) is 7.24. The van der Waals surface area contributed by atoms with E-state index in [0.717, 1.165) is 4.31 Å². The summed E-state index contributed by atoms with van der Waals surface area (Å²) >= 11 is 1.21. The molecule has 5 rings (SSSR count). The van der Waals surface area contributed by atoms with Crippen molar-refractivity contribution in [3.05, 3.63) is 81.4 Å². The fourth-order valence-corrected chi connectivity index (χ4v) is 6.09. The molecule has 31 heavy (non-hydrogen) atoms. The molecule has 0 saturated heterocycles. The van der Waals surface area contributed by atoms with Crippen LogP contribution in [0.3, 0.4) is 0 Å². The Morgan fingerprint density at radius 3 is 2.71 bits per heavy atom. The van der Waals surface area contributed by atoms with Gasteiger partial charge in [-0.3, -0.25) is 9.59 Å². The summed E-state index contributed by atoms with van der Waals surface area (Å²) in [6, 6.07) is 10.0. The standard InChI is InChI=1S/C21H16FN3O4S2/c22-17-4-2-1-3-14(17)12-24-9-10-30-21(24)23-19(26)13-5-8-16-18(11-13)31(28,29)25(20(16)27)15-6-7-15/h1-5,8-11,15H,6-7,12H2. The van der Waals surface area contributed by atoms with Crippen molar-refractivity contribution in [3.63, 3.8) is 0 Å². The molecule has 2 heterocycles. The quantitative estimate of drug-likeness (QED) is 0.603. The summed E-state index contributed by atoms with van der Waals surface area (Å²) in [4.78, 5) is 29.5. The van der Waals surface area contributed by atoms with Gasteiger partial charge in [0, 0.05) is 28.7 Å². The minimum absolute atomic E-state index is 0.0682. The Morgan fingerprint density at radius 2 is 1.97 bits per heavy atom. The molecule has 0 atom stereocenters. The molecule has 0 radical (unpaired) electrons. The van der Waals surface area contributed by atoms with Crippen LogP contribution in [-0.2, 0) is 16.6 Å². The molecule has 1 fully saturated rings. The third-order valence-corrected chi connectivity index (χ3v) is 7.90. The van der Waals surface area contributed by atoms with Gasteiger partial charge in [-0.05, 0) is 37.1 Å². The molecule has 2 aliphatic rings. The number of benzene rings is 2. The van der Waals surface area contributed by atoms with Gasteiger partial charge in [0.15, 0.2) is 4.80 Å². The average Bonchev–Trinajstić information content (AvgIpc) is 3.44. The van der Waals surface area contributed by atoms with Crippen LogP contribution in [0.2, 0.25) is 0 Å². The van der Waals surface area contributed by atoms with Gasteiger partial charge in [0.25, 0.3) is 21.8 Å². The molecule has 158 valence electrons. The van der Waals surface area contributed by atoms with E-state index >= 15 is 0 Å². The van der Waals surface area contributed by atoms with E-state index in [2.05, 4.69) is 4.99 Å². The smallest absolute Gasteiger partial charge is 0.279 e. The molecule has 1 aliphatic carbocycles. The number of thiazole rings is 1. The number of nitrogens with zero attached hydrogens (tertiary/aromatic N) is 3. The maximum absolute atomic E-state index is 14.0. The van der Waals surface area contributed by atoms with Crippen molar-refractivity contribution < 1.29 is 22.4 Å². The van der Waals surface area contributed by atoms with Gasteiger partial charge in [-0.1, -0.05) is 18.2 Å². The van der Waals surface area contributed by atoms with Gasteiger partial charge in [-0.25, -0.2) is 17.1 Å². The minimum atomic E-state index is -3.96. The zero-order valence-corrected chi connectivity index (χ0v) is 17.7. The van der Waals surface area contributed by atoms with Gasteiger partial charge in [0.05, 0.1) is 12.1 Å². The fraction of sp³-hybridized carbons (Fsp3) is 0.190. The van der Waals surface area contributed by atoms with Crippen molar-refractivity contribution in [1.82, 2.24) is 8.87 Å². The second-order valence-corrected chi connectivity index (χ2v) is 10.0. The van der Waals surface area contributed by atoms with Gasteiger partial charge in [-0.2, -0.15) is 4.99 Å². The van der Waals surface area contributed by atoms with Crippen molar-refractivity contribution in [2.24, 2.45) is 4.99 Å². The first-order valence-corrected chi connectivity index (χ1v) is 11.9. The van der Waals surface area contributed by atoms with Crippen molar-refractivity contribution in [3.8, 4) is 0 Å². The summed E-state index contributed by atoms with van der Waals surface area (Å²) in [5.74, 6) is -1.54. The monoisotopic (exact) mass is 457 g/mol. The lowest BCUT2D eigenvalue weighted by Gasteiger charge is -2.13. The lowest BCUT2D eigenvalue weighted by atomic mass is 10.1. The van der Waals surface area contributed by atoms with Gasteiger partial charge in [0.1, 0.15) is 10.7 Å². The summed E-state index contributed by atoms with van der Waals surface area (Å²) in [7, 11) is -3.96. The third-order valence-electron chi connectivity index (χ3n) is 5.23. The topological polar surface area (TPSA) is 88.8 Å². The first kappa shape index (κ1) is 19.8. The molecule has 0 spiro atoms. The number of carbonyl (C=O) groups is 2. The van der Waals surface area contributed by atoms with E-state index in [1.165, 1.54) is 35.6 Å². The molecular formula is C21H16FN3O4S2. The molecule has 1 saturated carbocycles. The van der Waals surface area contributed by atoms with Crippen LogP contribution in [0.5, 0.6) is 0 Å². The van der Waals surface area contributed by atoms with Crippen molar-refractivity contribution >= 4 is 33.2 Å². The third kappa shape index (κ3) is 3.41. The molecule has 2 aromatic carbocycles. The Balaban J connectivity index is 1.48. The van der Waals surface area contributed by atoms with Crippen LogP contribution in [0, 0.1) is 5.82 Å². The van der Waals surface area contributed by atoms with Gasteiger partial charge >= 0.3 is 0 Å². The molecule has 1 aromatic heterocycles. The largest absolute Gasteiger partial charge is 0.319 e. The summed E-state index contributed by atoms with van der Waals surface area (Å²) in [6.07, 6.45) is 3.00. The molecule has 10 heteroatoms. The van der Waals surface area contributed by atoms with E-state index in [1.807, 2.05) is 0 Å². The summed E-state index contributed by atoms with van der Waals surface area (Å²) in [5, 5.41) is 1.73. The zero-order valence-electron chi connectivity index (χ0n) is 16.1. The maximum atomic E-state index is 14.0. The molecule has 7 nitrogen and oxygen atoms in total. The van der Waals surface area contributed by atoms with E-state index in [9.17, 15) is 22.4 Å². The van der Waals surface area contributed by atoms with Crippen LogP contribution in [-0.4, -0.2) is 35.1 Å². The number of sulfonamides is 1. The van der Waals surface area contributed by atoms with Crippen LogP contribution >= 0.6 is 11.3 Å². The van der Waals surface area contributed by atoms with E-state index in [1.54, 1.807) is 34.3 Å². The van der Waals surface area contributed by atoms with E-state index < -0.39 is 21.8 Å². The lowest BCUT2D eigenvalue weighted by molar-refractivity contribution is 0.0864. The Kier molecular flexibility index (Phi) is 4.63. The number of rotatable bonds is 4. The minimum Gasteiger partial charge on any atom is -0.319 e. The zero-order chi connectivity index (χ0) is 21.8. The van der Waals surface area contributed by atoms with Gasteiger partial charge in [0.2, 0.25) is 0 Å². The highest BCUT2D eigenvalue weighted by Gasteiger charge is 2.48. The number of fused-ring (bicyclic) bond motifs is 1. The molecule has 0 unspecified atom stereocenters. The summed E-state index contributed by atoms with van der Waals surface area (Å²) in [5.41, 5.74) is 0.602. The Hall–Kier alpha value is -3.11. The Labute approximate surface area is 181 Å². The van der Waals surface area contributed by atoms with Crippen LogP contribution in [0.4, 0.5) is 4.39 Å². The summed E-state index contributed by atoms with van der Waals surface area (Å²) in [6.45, 7) is 0.200. The second-order valence-electron chi connectivity index (χ2n) is 7.37. The number of aromatic nitrogens is 1. The number of hydrogen-bond donors (Lipinski definition) is 0. The summed E-state index contributed by atoms with van der Waals surface area (Å²) < 4.78 is 42.1. The van der Waals surface area contributed by atoms with Crippen LogP contribution < -0.4 is 4.80 Å². The molecule has 0 N–H and O–H groups in total. The number of amides is 2. The fourth-order valence-electron chi connectivity index (χ4n) is 3.52. The molecular weight excluding hydrogens is 441 g/mol. The van der Waals surface area contributed by atoms with Gasteiger partial charge < -0.3 is 4.57 Å². The number of hydrogen-bond acceptors (Lipinski definition) is 5. The van der Waals surface area contributed by atoms with Crippen molar-refractivity contribution in [2.75, 3.05) is 0 Å². The van der Waals surface area contributed by atoms with Crippen LogP contribution in [0.25, 0.3) is 0 Å². The highest BCUT2D eigenvalue weighted by Crippen LogP contribution is 2.39. The SMILES string of the molecule is O=C(N=c1sccn1Cc1ccccc1F)c1ccc2c(c1)S(=O)(=O)N(C1CC1)C2=O. The Bertz CT molecular complexity index is 1400. The highest BCUT2D eigenvalue weighted by atomic mass is 32.2. The molecule has 2 amide bonds. The Morgan fingerprint density at radius 1 is 1.19 bits per heavy atom. The predicted octanol–water partition coefficient (Wildman–Crippen LogP) is 2.79. The number of halogens is 1. The van der Waals surface area contributed by atoms with E-state index in [0.29, 0.717) is 23.2 Å². The van der Waals surface area contributed by atoms with Crippen LogP contribution in [0.15, 0.2) is 63.9 Å². The highest BCUT2D eigenvalue weighted by molar-refractivity contribution is 7.90. The lowest BCUT2D eigenvalue weighted by Crippen LogP contribution is -2.31. The number of carbonyl (C=O) groups excluding carboxylic acids is 2. The first-order valence-electron chi connectivity index (χ1n) is 9.55. The van der Waals surface area contributed by atoms with Crippen LogP contribution in [0.1, 0.15) is 39.1 Å². The van der Waals surface area contributed by atoms with Gasteiger partial charge in [-0.15, -0.1) is 11.3 Å².